The molecule has 1 aliphatic heterocycles. The van der Waals surface area contributed by atoms with E-state index in [2.05, 4.69) is 24.3 Å². The SMILES string of the molecule is COc1ccc(N2C(=O)C(OCc3ccccc3)C23CCCc2ccccc23)cc1. The van der Waals surface area contributed by atoms with E-state index in [0.717, 1.165) is 36.3 Å². The molecule has 1 heterocycles. The number of carbonyl (C=O) groups is 1. The van der Waals surface area contributed by atoms with Crippen LogP contribution in [-0.2, 0) is 28.1 Å². The predicted molar refractivity (Wildman–Crippen MR) is 117 cm³/mol. The van der Waals surface area contributed by atoms with Crippen LogP contribution in [0.15, 0.2) is 78.9 Å². The van der Waals surface area contributed by atoms with Crippen molar-refractivity contribution < 1.29 is 14.3 Å². The van der Waals surface area contributed by atoms with Crippen molar-refractivity contribution in [2.24, 2.45) is 0 Å². The van der Waals surface area contributed by atoms with Crippen LogP contribution in [0, 0.1) is 0 Å². The second-order valence-electron chi connectivity index (χ2n) is 7.98. The molecule has 2 aliphatic rings. The van der Waals surface area contributed by atoms with Gasteiger partial charge in [-0.25, -0.2) is 0 Å². The number of ether oxygens (including phenoxy) is 2. The Labute approximate surface area is 177 Å². The third kappa shape index (κ3) is 2.91. The number of carbonyl (C=O) groups excluding carboxylic acids is 1. The molecule has 0 aromatic heterocycles. The Balaban J connectivity index is 1.54. The van der Waals surface area contributed by atoms with Gasteiger partial charge in [-0.05, 0) is 60.2 Å². The van der Waals surface area contributed by atoms with E-state index in [-0.39, 0.29) is 5.91 Å². The highest BCUT2D eigenvalue weighted by molar-refractivity contribution is 6.07. The monoisotopic (exact) mass is 399 g/mol. The molecule has 1 amide bonds. The van der Waals surface area contributed by atoms with Gasteiger partial charge in [-0.15, -0.1) is 0 Å². The van der Waals surface area contributed by atoms with Gasteiger partial charge in [0.25, 0.3) is 5.91 Å². The fourth-order valence-electron chi connectivity index (χ4n) is 4.97. The summed E-state index contributed by atoms with van der Waals surface area (Å²) in [6.45, 7) is 0.428. The molecule has 0 N–H and O–H groups in total. The topological polar surface area (TPSA) is 38.8 Å². The van der Waals surface area contributed by atoms with Crippen molar-refractivity contribution in [2.75, 3.05) is 12.0 Å². The van der Waals surface area contributed by atoms with Crippen LogP contribution in [0.25, 0.3) is 0 Å². The summed E-state index contributed by atoms with van der Waals surface area (Å²) in [5.74, 6) is 0.800. The third-order valence-corrected chi connectivity index (χ3v) is 6.36. The van der Waals surface area contributed by atoms with Crippen molar-refractivity contribution in [2.45, 2.75) is 37.5 Å². The minimum absolute atomic E-state index is 0.0211. The molecule has 3 aromatic rings. The smallest absolute Gasteiger partial charge is 0.259 e. The van der Waals surface area contributed by atoms with E-state index < -0.39 is 11.6 Å². The normalized spacial score (nSPS) is 22.5. The van der Waals surface area contributed by atoms with E-state index in [1.54, 1.807) is 7.11 Å². The largest absolute Gasteiger partial charge is 0.497 e. The van der Waals surface area contributed by atoms with Gasteiger partial charge in [0.15, 0.2) is 6.10 Å². The summed E-state index contributed by atoms with van der Waals surface area (Å²) in [7, 11) is 1.65. The van der Waals surface area contributed by atoms with E-state index in [0.29, 0.717) is 6.61 Å². The van der Waals surface area contributed by atoms with Crippen LogP contribution in [0.1, 0.15) is 29.5 Å². The van der Waals surface area contributed by atoms with Gasteiger partial charge in [0.2, 0.25) is 0 Å². The van der Waals surface area contributed by atoms with E-state index in [9.17, 15) is 4.79 Å². The average molecular weight is 399 g/mol. The van der Waals surface area contributed by atoms with Gasteiger partial charge in [-0.1, -0.05) is 54.6 Å². The van der Waals surface area contributed by atoms with Crippen molar-refractivity contribution in [1.29, 1.82) is 0 Å². The first-order chi connectivity index (χ1) is 14.7. The second-order valence-corrected chi connectivity index (χ2v) is 7.98. The zero-order valence-electron chi connectivity index (χ0n) is 17.1. The molecule has 2 atom stereocenters. The molecule has 152 valence electrons. The number of hydrogen-bond donors (Lipinski definition) is 0. The van der Waals surface area contributed by atoms with E-state index in [4.69, 9.17) is 9.47 Å². The summed E-state index contributed by atoms with van der Waals surface area (Å²) in [4.78, 5) is 15.3. The third-order valence-electron chi connectivity index (χ3n) is 6.36. The molecular weight excluding hydrogens is 374 g/mol. The summed E-state index contributed by atoms with van der Waals surface area (Å²) in [6.07, 6.45) is 2.47. The number of fused-ring (bicyclic) bond motifs is 2. The lowest BCUT2D eigenvalue weighted by Gasteiger charge is -2.59. The molecule has 30 heavy (non-hydrogen) atoms. The van der Waals surface area contributed by atoms with Crippen molar-refractivity contribution in [1.82, 2.24) is 0 Å². The number of hydrogen-bond acceptors (Lipinski definition) is 3. The molecule has 1 spiro atoms. The average Bonchev–Trinajstić information content (AvgIpc) is 2.80. The zero-order chi connectivity index (χ0) is 20.6. The van der Waals surface area contributed by atoms with Gasteiger partial charge in [0.1, 0.15) is 11.3 Å². The first-order valence-electron chi connectivity index (χ1n) is 10.5. The molecule has 2 unspecified atom stereocenters. The van der Waals surface area contributed by atoms with Crippen LogP contribution >= 0.6 is 0 Å². The van der Waals surface area contributed by atoms with Crippen LogP contribution in [0.4, 0.5) is 5.69 Å². The molecule has 0 saturated carbocycles. The summed E-state index contributed by atoms with van der Waals surface area (Å²) in [6, 6.07) is 26.3. The quantitative estimate of drug-likeness (QED) is 0.575. The molecule has 0 radical (unpaired) electrons. The van der Waals surface area contributed by atoms with E-state index >= 15 is 0 Å². The molecule has 1 fully saturated rings. The summed E-state index contributed by atoms with van der Waals surface area (Å²) in [5.41, 5.74) is 4.02. The highest BCUT2D eigenvalue weighted by atomic mass is 16.5. The first-order valence-corrected chi connectivity index (χ1v) is 10.5. The molecule has 0 bridgehead atoms. The number of anilines is 1. The van der Waals surface area contributed by atoms with Crippen molar-refractivity contribution in [3.63, 3.8) is 0 Å². The van der Waals surface area contributed by atoms with Crippen molar-refractivity contribution >= 4 is 11.6 Å². The summed E-state index contributed by atoms with van der Waals surface area (Å²) < 4.78 is 11.6. The van der Waals surface area contributed by atoms with Gasteiger partial charge in [0.05, 0.1) is 13.7 Å². The Morgan fingerprint density at radius 2 is 1.70 bits per heavy atom. The van der Waals surface area contributed by atoms with Crippen LogP contribution in [0.5, 0.6) is 5.75 Å². The zero-order valence-corrected chi connectivity index (χ0v) is 17.1. The second kappa shape index (κ2) is 7.62. The number of amides is 1. The minimum Gasteiger partial charge on any atom is -0.497 e. The molecule has 1 aliphatic carbocycles. The summed E-state index contributed by atoms with van der Waals surface area (Å²) >= 11 is 0. The van der Waals surface area contributed by atoms with Crippen molar-refractivity contribution in [3.8, 4) is 5.75 Å². The van der Waals surface area contributed by atoms with E-state index in [1.165, 1.54) is 11.1 Å². The highest BCUT2D eigenvalue weighted by Crippen LogP contribution is 2.53. The lowest BCUT2D eigenvalue weighted by atomic mass is 9.66. The Bertz CT molecular complexity index is 1050. The Hall–Kier alpha value is -3.11. The lowest BCUT2D eigenvalue weighted by molar-refractivity contribution is -0.155. The number of β-lactam (4-membered cyclic amide) rings is 1. The first kappa shape index (κ1) is 18.9. The molecule has 5 rings (SSSR count). The number of rotatable bonds is 5. The fraction of sp³-hybridized carbons (Fsp3) is 0.269. The maximum atomic E-state index is 13.4. The molecule has 1 saturated heterocycles. The molecular formula is C26H25NO3. The number of methoxy groups -OCH3 is 1. The Morgan fingerprint density at radius 1 is 0.967 bits per heavy atom. The van der Waals surface area contributed by atoms with Crippen LogP contribution in [0.2, 0.25) is 0 Å². The summed E-state index contributed by atoms with van der Waals surface area (Å²) in [5, 5.41) is 0. The van der Waals surface area contributed by atoms with Gasteiger partial charge < -0.3 is 9.47 Å². The van der Waals surface area contributed by atoms with Gasteiger partial charge in [-0.3, -0.25) is 9.69 Å². The van der Waals surface area contributed by atoms with Crippen LogP contribution in [-0.4, -0.2) is 19.1 Å². The molecule has 3 aromatic carbocycles. The standard InChI is InChI=1S/C26H25NO3/c1-29-22-15-13-21(14-16-22)27-25(28)24(30-18-19-8-3-2-4-9-19)26(27)17-7-11-20-10-5-6-12-23(20)26/h2-6,8-10,12-16,24H,7,11,17-18H2,1H3. The highest BCUT2D eigenvalue weighted by Gasteiger charge is 2.63. The fourth-order valence-corrected chi connectivity index (χ4v) is 4.97. The predicted octanol–water partition coefficient (Wildman–Crippen LogP) is 4.86. The molecule has 4 nitrogen and oxygen atoms in total. The lowest BCUT2D eigenvalue weighted by Crippen LogP contribution is -2.74. The number of nitrogens with zero attached hydrogens (tertiary/aromatic N) is 1. The van der Waals surface area contributed by atoms with E-state index in [1.807, 2.05) is 59.5 Å². The van der Waals surface area contributed by atoms with Crippen LogP contribution in [0.3, 0.4) is 0 Å². The van der Waals surface area contributed by atoms with Crippen molar-refractivity contribution in [3.05, 3.63) is 95.6 Å². The Kier molecular flexibility index (Phi) is 4.80. The van der Waals surface area contributed by atoms with Gasteiger partial charge in [0, 0.05) is 5.69 Å². The maximum absolute atomic E-state index is 13.4. The maximum Gasteiger partial charge on any atom is 0.259 e. The van der Waals surface area contributed by atoms with Gasteiger partial charge >= 0.3 is 0 Å². The Morgan fingerprint density at radius 3 is 2.47 bits per heavy atom. The number of benzene rings is 3. The molecule has 4 heteroatoms. The van der Waals surface area contributed by atoms with Crippen LogP contribution < -0.4 is 9.64 Å². The number of aryl methyl sites for hydroxylation is 1. The minimum atomic E-state index is -0.485. The van der Waals surface area contributed by atoms with Gasteiger partial charge in [-0.2, -0.15) is 0 Å².